The number of nitrogens with zero attached hydrogens (tertiary/aromatic N) is 2. The van der Waals surface area contributed by atoms with Crippen molar-refractivity contribution in [2.75, 3.05) is 0 Å². The van der Waals surface area contributed by atoms with E-state index in [9.17, 15) is 19.7 Å². The van der Waals surface area contributed by atoms with Crippen molar-refractivity contribution >= 4 is 17.6 Å². The molecule has 1 fully saturated rings. The summed E-state index contributed by atoms with van der Waals surface area (Å²) in [5.74, 6) is -0.275. The number of amides is 3. The maximum Gasteiger partial charge on any atom is 0.325 e. The summed E-state index contributed by atoms with van der Waals surface area (Å²) >= 11 is 0. The lowest BCUT2D eigenvalue weighted by Gasteiger charge is -2.12. The van der Waals surface area contributed by atoms with Crippen molar-refractivity contribution in [2.24, 2.45) is 0 Å². The molecule has 1 atom stereocenters. The predicted octanol–water partition coefficient (Wildman–Crippen LogP) is 1.82. The van der Waals surface area contributed by atoms with Crippen LogP contribution in [-0.2, 0) is 11.3 Å². The Morgan fingerprint density at radius 1 is 1.40 bits per heavy atom. The third-order valence-corrected chi connectivity index (χ3v) is 3.15. The van der Waals surface area contributed by atoms with E-state index in [0.29, 0.717) is 12.0 Å². The lowest BCUT2D eigenvalue weighted by atomic mass is 10.1. The lowest BCUT2D eigenvalue weighted by molar-refractivity contribution is -0.384. The number of imide groups is 1. The van der Waals surface area contributed by atoms with Gasteiger partial charge in [0, 0.05) is 12.1 Å². The zero-order valence-corrected chi connectivity index (χ0v) is 11.0. The maximum atomic E-state index is 12.0. The summed E-state index contributed by atoms with van der Waals surface area (Å²) < 4.78 is 0. The van der Waals surface area contributed by atoms with Crippen LogP contribution in [0.15, 0.2) is 24.3 Å². The summed E-state index contributed by atoms with van der Waals surface area (Å²) in [7, 11) is 0. The highest BCUT2D eigenvalue weighted by atomic mass is 16.6. The molecule has 1 aliphatic rings. The summed E-state index contributed by atoms with van der Waals surface area (Å²) in [6.45, 7) is 1.98. The van der Waals surface area contributed by atoms with Gasteiger partial charge < -0.3 is 5.32 Å². The van der Waals surface area contributed by atoms with E-state index in [0.717, 1.165) is 11.3 Å². The summed E-state index contributed by atoms with van der Waals surface area (Å²) in [5.41, 5.74) is 0.500. The number of hydrogen-bond acceptors (Lipinski definition) is 4. The minimum atomic E-state index is -0.505. The molecule has 0 radical (unpaired) electrons. The quantitative estimate of drug-likeness (QED) is 0.504. The smallest absolute Gasteiger partial charge is 0.325 e. The molecule has 0 bridgehead atoms. The summed E-state index contributed by atoms with van der Waals surface area (Å²) in [6.07, 6.45) is 1.39. The normalized spacial score (nSPS) is 18.2. The molecule has 7 nitrogen and oxygen atoms in total. The second-order valence-corrected chi connectivity index (χ2v) is 4.64. The number of nitrogens with one attached hydrogen (secondary N) is 1. The number of benzene rings is 1. The van der Waals surface area contributed by atoms with E-state index in [1.807, 2.05) is 6.92 Å². The van der Waals surface area contributed by atoms with E-state index in [1.165, 1.54) is 18.2 Å². The van der Waals surface area contributed by atoms with Crippen molar-refractivity contribution in [3.63, 3.8) is 0 Å². The monoisotopic (exact) mass is 277 g/mol. The van der Waals surface area contributed by atoms with Crippen LogP contribution in [0.25, 0.3) is 0 Å². The highest BCUT2D eigenvalue weighted by Gasteiger charge is 2.37. The van der Waals surface area contributed by atoms with E-state index >= 15 is 0 Å². The number of carbonyl (C=O) groups excluding carboxylic acids is 2. The van der Waals surface area contributed by atoms with E-state index in [4.69, 9.17) is 0 Å². The average Bonchev–Trinajstić information content (AvgIpc) is 2.67. The van der Waals surface area contributed by atoms with Crippen LogP contribution in [0.5, 0.6) is 0 Å². The summed E-state index contributed by atoms with van der Waals surface area (Å²) in [5, 5.41) is 13.3. The van der Waals surface area contributed by atoms with E-state index < -0.39 is 17.0 Å². The Balaban J connectivity index is 2.13. The molecule has 1 saturated heterocycles. The zero-order chi connectivity index (χ0) is 14.7. The molecule has 1 aromatic rings. The first kappa shape index (κ1) is 14.0. The van der Waals surface area contributed by atoms with Gasteiger partial charge in [-0.3, -0.25) is 19.8 Å². The van der Waals surface area contributed by atoms with Gasteiger partial charge in [0.2, 0.25) is 0 Å². The number of carbonyl (C=O) groups is 2. The Labute approximate surface area is 115 Å². The van der Waals surface area contributed by atoms with Crippen molar-refractivity contribution in [1.82, 2.24) is 10.2 Å². The van der Waals surface area contributed by atoms with Crippen molar-refractivity contribution in [3.8, 4) is 0 Å². The van der Waals surface area contributed by atoms with Crippen molar-refractivity contribution in [3.05, 3.63) is 39.9 Å². The maximum absolute atomic E-state index is 12.0. The highest BCUT2D eigenvalue weighted by Crippen LogP contribution is 2.18. The number of hydrogen-bond donors (Lipinski definition) is 1. The number of nitro benzene ring substituents is 1. The molecule has 3 amide bonds. The lowest BCUT2D eigenvalue weighted by Crippen LogP contribution is -2.30. The minimum Gasteiger partial charge on any atom is -0.326 e. The van der Waals surface area contributed by atoms with Crippen LogP contribution in [0.2, 0.25) is 0 Å². The van der Waals surface area contributed by atoms with Gasteiger partial charge >= 0.3 is 6.03 Å². The van der Waals surface area contributed by atoms with Crippen LogP contribution in [-0.4, -0.2) is 27.8 Å². The van der Waals surface area contributed by atoms with Gasteiger partial charge in [0.25, 0.3) is 11.6 Å². The number of urea groups is 1. The highest BCUT2D eigenvalue weighted by molar-refractivity contribution is 6.04. The molecule has 0 saturated carbocycles. The van der Waals surface area contributed by atoms with Crippen LogP contribution in [0.3, 0.4) is 0 Å². The third-order valence-electron chi connectivity index (χ3n) is 3.15. The van der Waals surface area contributed by atoms with Gasteiger partial charge in [-0.25, -0.2) is 4.79 Å². The second-order valence-electron chi connectivity index (χ2n) is 4.64. The third kappa shape index (κ3) is 2.76. The molecule has 1 aliphatic heterocycles. The molecular weight excluding hydrogens is 262 g/mol. The summed E-state index contributed by atoms with van der Waals surface area (Å²) in [6, 6.07) is 5.00. The number of non-ortho nitro benzene ring substituents is 1. The Morgan fingerprint density at radius 2 is 2.15 bits per heavy atom. The Bertz CT molecular complexity index is 558. The first-order chi connectivity index (χ1) is 9.52. The standard InChI is InChI=1S/C13H15N3O4/c1-2-4-11-12(17)15(13(18)14-11)8-9-5-3-6-10(7-9)16(19)20/h3,5-7,11H,2,4,8H2,1H3,(H,14,18). The largest absolute Gasteiger partial charge is 0.326 e. The van der Waals surface area contributed by atoms with Gasteiger partial charge in [0.05, 0.1) is 11.5 Å². The van der Waals surface area contributed by atoms with Crippen LogP contribution >= 0.6 is 0 Å². The fourth-order valence-electron chi connectivity index (χ4n) is 2.16. The Hall–Kier alpha value is -2.44. The molecule has 1 unspecified atom stereocenters. The molecule has 106 valence electrons. The zero-order valence-electron chi connectivity index (χ0n) is 11.0. The second kappa shape index (κ2) is 5.68. The molecule has 0 spiro atoms. The van der Waals surface area contributed by atoms with Gasteiger partial charge in [-0.1, -0.05) is 25.5 Å². The topological polar surface area (TPSA) is 92.6 Å². The first-order valence-electron chi connectivity index (χ1n) is 6.38. The first-order valence-corrected chi connectivity index (χ1v) is 6.38. The molecule has 1 aromatic carbocycles. The van der Waals surface area contributed by atoms with Crippen molar-refractivity contribution in [1.29, 1.82) is 0 Å². The van der Waals surface area contributed by atoms with Gasteiger partial charge in [-0.2, -0.15) is 0 Å². The van der Waals surface area contributed by atoms with E-state index in [-0.39, 0.29) is 18.1 Å². The van der Waals surface area contributed by atoms with Crippen LogP contribution in [0.1, 0.15) is 25.3 Å². The fraction of sp³-hybridized carbons (Fsp3) is 0.385. The minimum absolute atomic E-state index is 0.0482. The van der Waals surface area contributed by atoms with Gasteiger partial charge in [0.1, 0.15) is 6.04 Å². The Morgan fingerprint density at radius 3 is 2.80 bits per heavy atom. The van der Waals surface area contributed by atoms with E-state index in [1.54, 1.807) is 6.07 Å². The molecular formula is C13H15N3O4. The van der Waals surface area contributed by atoms with Crippen LogP contribution in [0, 0.1) is 10.1 Å². The van der Waals surface area contributed by atoms with E-state index in [2.05, 4.69) is 5.32 Å². The molecule has 7 heteroatoms. The van der Waals surface area contributed by atoms with Gasteiger partial charge in [-0.15, -0.1) is 0 Å². The fourth-order valence-corrected chi connectivity index (χ4v) is 2.16. The average molecular weight is 277 g/mol. The van der Waals surface area contributed by atoms with Crippen molar-refractivity contribution < 1.29 is 14.5 Å². The van der Waals surface area contributed by atoms with Crippen LogP contribution < -0.4 is 5.32 Å². The molecule has 1 heterocycles. The molecule has 1 N–H and O–H groups in total. The molecule has 0 aliphatic carbocycles. The van der Waals surface area contributed by atoms with Crippen LogP contribution in [0.4, 0.5) is 10.5 Å². The van der Waals surface area contributed by atoms with Crippen molar-refractivity contribution in [2.45, 2.75) is 32.4 Å². The molecule has 2 rings (SSSR count). The predicted molar refractivity (Wildman–Crippen MR) is 70.9 cm³/mol. The SMILES string of the molecule is CCCC1NC(=O)N(Cc2cccc([N+](=O)[O-])c2)C1=O. The summed E-state index contributed by atoms with van der Waals surface area (Å²) in [4.78, 5) is 35.1. The van der Waals surface area contributed by atoms with Gasteiger partial charge in [-0.05, 0) is 12.0 Å². The molecule has 20 heavy (non-hydrogen) atoms. The number of rotatable bonds is 5. The Kier molecular flexibility index (Phi) is 3.97. The number of nitro groups is 1. The van der Waals surface area contributed by atoms with Gasteiger partial charge in [0.15, 0.2) is 0 Å². The molecule has 0 aromatic heterocycles.